The van der Waals surface area contributed by atoms with Crippen LogP contribution in [0.1, 0.15) is 37.9 Å². The smallest absolute Gasteiger partial charge is 0.278 e. The Morgan fingerprint density at radius 3 is 2.38 bits per heavy atom. The van der Waals surface area contributed by atoms with Crippen LogP contribution in [0.5, 0.6) is 11.5 Å². The Labute approximate surface area is 294 Å². The standard InChI is InChI=1S/C37H39ClN4O8/c1-24-3-2-4-29-32(44)19-31-35(34(24)29)26(20-38)21-42(31)37(46)30-23-41-22-27(7-10-33(41)40-30)39-36(45)25-5-8-28(9-6-25)50-18-17-49-16-15-48-14-13-47-12-11-43/h2-10,19,22-23,26,43-44H,11-18,20-21H2,1H3,(H,39,45)/t26-/m1/s1. The highest BCUT2D eigenvalue weighted by Crippen LogP contribution is 2.46. The van der Waals surface area contributed by atoms with Crippen LogP contribution in [0.25, 0.3) is 16.4 Å². The van der Waals surface area contributed by atoms with Crippen molar-refractivity contribution in [1.82, 2.24) is 9.38 Å². The van der Waals surface area contributed by atoms with Crippen molar-refractivity contribution < 1.29 is 38.7 Å². The van der Waals surface area contributed by atoms with Crippen LogP contribution < -0.4 is 15.0 Å². The molecule has 0 radical (unpaired) electrons. The number of carbonyl (C=O) groups excluding carboxylic acids is 2. The number of phenols is 1. The predicted octanol–water partition coefficient (Wildman–Crippen LogP) is 5.16. The molecule has 0 fully saturated rings. The van der Waals surface area contributed by atoms with Gasteiger partial charge in [0.2, 0.25) is 0 Å². The number of imidazole rings is 1. The van der Waals surface area contributed by atoms with Gasteiger partial charge in [-0.15, -0.1) is 11.6 Å². The third-order valence-electron chi connectivity index (χ3n) is 8.42. The molecule has 12 nitrogen and oxygen atoms in total. The maximum absolute atomic E-state index is 13.8. The highest BCUT2D eigenvalue weighted by Gasteiger charge is 2.36. The first kappa shape index (κ1) is 35.1. The van der Waals surface area contributed by atoms with Gasteiger partial charge in [0.1, 0.15) is 29.4 Å². The number of carbonyl (C=O) groups is 2. The molecule has 2 amide bonds. The molecule has 0 aliphatic carbocycles. The minimum absolute atomic E-state index is 0.00522. The first-order valence-corrected chi connectivity index (χ1v) is 16.9. The minimum atomic E-state index is -0.305. The van der Waals surface area contributed by atoms with E-state index < -0.39 is 0 Å². The molecule has 0 bridgehead atoms. The first-order chi connectivity index (χ1) is 24.4. The van der Waals surface area contributed by atoms with E-state index in [1.54, 1.807) is 64.2 Å². The number of nitrogens with zero attached hydrogens (tertiary/aromatic N) is 3. The van der Waals surface area contributed by atoms with Crippen molar-refractivity contribution in [2.45, 2.75) is 12.8 Å². The zero-order valence-corrected chi connectivity index (χ0v) is 28.4. The summed E-state index contributed by atoms with van der Waals surface area (Å²) in [6, 6.07) is 17.6. The third kappa shape index (κ3) is 7.85. The normalized spacial score (nSPS) is 14.0. The van der Waals surface area contributed by atoms with Crippen molar-refractivity contribution in [3.05, 3.63) is 95.4 Å². The number of aromatic nitrogens is 2. The number of nitrogens with one attached hydrogen (secondary N) is 1. The van der Waals surface area contributed by atoms with Gasteiger partial charge in [-0.1, -0.05) is 18.2 Å². The molecule has 0 unspecified atom stereocenters. The van der Waals surface area contributed by atoms with E-state index >= 15 is 0 Å². The number of anilines is 2. The molecule has 1 atom stereocenters. The van der Waals surface area contributed by atoms with Crippen LogP contribution >= 0.6 is 11.6 Å². The van der Waals surface area contributed by atoms with E-state index in [4.69, 9.17) is 35.7 Å². The predicted molar refractivity (Wildman–Crippen MR) is 190 cm³/mol. The molecule has 13 heteroatoms. The molecule has 1 aliphatic rings. The number of hydrogen-bond donors (Lipinski definition) is 3. The minimum Gasteiger partial charge on any atom is -0.507 e. The number of aromatic hydroxyl groups is 1. The van der Waals surface area contributed by atoms with Crippen LogP contribution in [0.3, 0.4) is 0 Å². The molecular weight excluding hydrogens is 664 g/mol. The molecule has 1 aliphatic heterocycles. The Morgan fingerprint density at radius 2 is 1.66 bits per heavy atom. The monoisotopic (exact) mass is 702 g/mol. The maximum atomic E-state index is 13.8. The lowest BCUT2D eigenvalue weighted by atomic mass is 9.92. The number of hydrogen-bond acceptors (Lipinski definition) is 9. The first-order valence-electron chi connectivity index (χ1n) is 16.4. The van der Waals surface area contributed by atoms with E-state index in [0.29, 0.717) is 87.0 Å². The number of phenolic OH excluding ortho intramolecular Hbond substituents is 1. The van der Waals surface area contributed by atoms with Crippen LogP contribution in [0, 0.1) is 6.92 Å². The number of aliphatic hydroxyl groups is 1. The van der Waals surface area contributed by atoms with Gasteiger partial charge in [0.05, 0.1) is 57.6 Å². The van der Waals surface area contributed by atoms with Gasteiger partial charge in [-0.25, -0.2) is 4.98 Å². The lowest BCUT2D eigenvalue weighted by molar-refractivity contribution is 0.00361. The summed E-state index contributed by atoms with van der Waals surface area (Å²) in [6.07, 6.45) is 3.33. The number of rotatable bonds is 16. The second-order valence-electron chi connectivity index (χ2n) is 11.8. The Morgan fingerprint density at radius 1 is 0.940 bits per heavy atom. The topological polar surface area (TPSA) is 144 Å². The lowest BCUT2D eigenvalue weighted by Gasteiger charge is -2.17. The van der Waals surface area contributed by atoms with Crippen molar-refractivity contribution in [2.75, 3.05) is 75.5 Å². The molecule has 0 saturated heterocycles. The molecule has 3 N–H and O–H groups in total. The number of alkyl halides is 1. The van der Waals surface area contributed by atoms with Crippen LogP contribution in [0.15, 0.2) is 73.1 Å². The average molecular weight is 703 g/mol. The van der Waals surface area contributed by atoms with Gasteiger partial charge in [0.15, 0.2) is 0 Å². The van der Waals surface area contributed by atoms with Crippen molar-refractivity contribution in [3.63, 3.8) is 0 Å². The molecule has 6 rings (SSSR count). The number of ether oxygens (including phenoxy) is 4. The molecule has 262 valence electrons. The second-order valence-corrected chi connectivity index (χ2v) is 12.1. The van der Waals surface area contributed by atoms with E-state index in [1.807, 2.05) is 25.1 Å². The van der Waals surface area contributed by atoms with Crippen LogP contribution in [0.4, 0.5) is 11.4 Å². The summed E-state index contributed by atoms with van der Waals surface area (Å²) in [7, 11) is 0. The summed E-state index contributed by atoms with van der Waals surface area (Å²) < 4.78 is 23.4. The molecule has 2 aromatic heterocycles. The summed E-state index contributed by atoms with van der Waals surface area (Å²) in [5, 5.41) is 24.1. The zero-order chi connectivity index (χ0) is 35.0. The van der Waals surface area contributed by atoms with Gasteiger partial charge in [-0.2, -0.15) is 0 Å². The average Bonchev–Trinajstić information content (AvgIpc) is 3.72. The Balaban J connectivity index is 1.04. The van der Waals surface area contributed by atoms with Gasteiger partial charge in [-0.3, -0.25) is 9.59 Å². The molecule has 3 heterocycles. The van der Waals surface area contributed by atoms with Crippen LogP contribution in [-0.4, -0.2) is 96.7 Å². The van der Waals surface area contributed by atoms with E-state index in [9.17, 15) is 14.7 Å². The molecular formula is C37H39ClN4O8. The van der Waals surface area contributed by atoms with E-state index in [0.717, 1.165) is 21.9 Å². The largest absolute Gasteiger partial charge is 0.507 e. The number of aryl methyl sites for hydroxylation is 1. The molecule has 0 saturated carbocycles. The fourth-order valence-electron chi connectivity index (χ4n) is 6.05. The summed E-state index contributed by atoms with van der Waals surface area (Å²) in [4.78, 5) is 33.0. The van der Waals surface area contributed by atoms with Crippen molar-refractivity contribution >= 4 is 51.2 Å². The molecule has 0 spiro atoms. The van der Waals surface area contributed by atoms with Crippen molar-refractivity contribution in [3.8, 4) is 11.5 Å². The Kier molecular flexibility index (Phi) is 11.5. The van der Waals surface area contributed by atoms with E-state index in [-0.39, 0.29) is 35.8 Å². The Bertz CT molecular complexity index is 1970. The second kappa shape index (κ2) is 16.3. The van der Waals surface area contributed by atoms with Crippen LogP contribution in [0.2, 0.25) is 0 Å². The molecule has 50 heavy (non-hydrogen) atoms. The highest BCUT2D eigenvalue weighted by atomic mass is 35.5. The van der Waals surface area contributed by atoms with Gasteiger partial charge >= 0.3 is 0 Å². The van der Waals surface area contributed by atoms with E-state index in [1.165, 1.54) is 0 Å². The molecule has 3 aromatic carbocycles. The van der Waals surface area contributed by atoms with Gasteiger partial charge < -0.3 is 43.8 Å². The fraction of sp³-hybridized carbons (Fsp3) is 0.324. The van der Waals surface area contributed by atoms with Crippen LogP contribution in [-0.2, 0) is 14.2 Å². The number of pyridine rings is 1. The summed E-state index contributed by atoms with van der Waals surface area (Å²) in [5.41, 5.74) is 4.34. The number of halogens is 1. The number of fused-ring (bicyclic) bond motifs is 4. The van der Waals surface area contributed by atoms with Gasteiger partial charge in [0.25, 0.3) is 11.8 Å². The third-order valence-corrected chi connectivity index (χ3v) is 8.79. The van der Waals surface area contributed by atoms with Gasteiger partial charge in [-0.05, 0) is 59.8 Å². The van der Waals surface area contributed by atoms with Crippen molar-refractivity contribution in [2.24, 2.45) is 0 Å². The number of amides is 2. The quantitative estimate of drug-likeness (QED) is 0.0939. The molecule has 5 aromatic rings. The fourth-order valence-corrected chi connectivity index (χ4v) is 6.31. The zero-order valence-electron chi connectivity index (χ0n) is 27.6. The Hall–Kier alpha value is -4.72. The lowest BCUT2D eigenvalue weighted by Crippen LogP contribution is -2.30. The SMILES string of the molecule is Cc1cccc2c(O)cc3c(c12)[C@H](CCl)CN3C(=O)c1cn2cc(NC(=O)c3ccc(OCCOCCOCCOCCO)cc3)ccc2n1. The number of aliphatic hydroxyl groups excluding tert-OH is 1. The van der Waals surface area contributed by atoms with Gasteiger partial charge in [0, 0.05) is 47.8 Å². The summed E-state index contributed by atoms with van der Waals surface area (Å²) >= 11 is 6.40. The number of benzene rings is 3. The highest BCUT2D eigenvalue weighted by molar-refractivity contribution is 6.19. The maximum Gasteiger partial charge on any atom is 0.278 e. The summed E-state index contributed by atoms with van der Waals surface area (Å²) in [6.45, 7) is 5.12. The van der Waals surface area contributed by atoms with Crippen molar-refractivity contribution in [1.29, 1.82) is 0 Å². The summed E-state index contributed by atoms with van der Waals surface area (Å²) in [5.74, 6) is 0.330. The van der Waals surface area contributed by atoms with E-state index in [2.05, 4.69) is 10.3 Å².